The molecular formula is C18H21ClN2O. The molecule has 0 bridgehead atoms. The number of hydrogen-bond donors (Lipinski definition) is 2. The van der Waals surface area contributed by atoms with Gasteiger partial charge in [0.1, 0.15) is 0 Å². The Morgan fingerprint density at radius 1 is 1.09 bits per heavy atom. The number of rotatable bonds is 7. The molecular weight excluding hydrogens is 296 g/mol. The first kappa shape index (κ1) is 16.5. The van der Waals surface area contributed by atoms with Gasteiger partial charge in [-0.3, -0.25) is 4.79 Å². The maximum atomic E-state index is 12.0. The molecule has 2 aromatic rings. The first-order valence-corrected chi connectivity index (χ1v) is 7.89. The second-order valence-corrected chi connectivity index (χ2v) is 5.55. The molecule has 2 aromatic carbocycles. The molecule has 4 heteroatoms. The van der Waals surface area contributed by atoms with E-state index in [1.165, 1.54) is 0 Å². The normalized spacial score (nSPS) is 10.5. The van der Waals surface area contributed by atoms with Crippen LogP contribution in [0, 0.1) is 0 Å². The number of nitrogens with one attached hydrogen (secondary N) is 2. The van der Waals surface area contributed by atoms with E-state index in [1.54, 1.807) is 0 Å². The molecule has 0 saturated carbocycles. The average molecular weight is 317 g/mol. The van der Waals surface area contributed by atoms with E-state index in [0.29, 0.717) is 13.0 Å². The van der Waals surface area contributed by atoms with Crippen LogP contribution in [0.4, 0.5) is 5.69 Å². The summed E-state index contributed by atoms with van der Waals surface area (Å²) < 4.78 is 0. The van der Waals surface area contributed by atoms with Gasteiger partial charge in [-0.1, -0.05) is 48.9 Å². The summed E-state index contributed by atoms with van der Waals surface area (Å²) in [6, 6.07) is 15.6. The standard InChI is InChI=1S/C18H21ClN2O/c1-2-15-5-3-4-6-17(15)21-18(22)11-12-20-13-14-7-9-16(19)10-8-14/h3-10,20H,2,11-13H2,1H3,(H,21,22). The third kappa shape index (κ3) is 5.17. The number of para-hydroxylation sites is 1. The van der Waals surface area contributed by atoms with Crippen molar-refractivity contribution in [3.05, 3.63) is 64.7 Å². The number of aryl methyl sites for hydroxylation is 1. The summed E-state index contributed by atoms with van der Waals surface area (Å²) in [7, 11) is 0. The van der Waals surface area contributed by atoms with Crippen LogP contribution in [-0.2, 0) is 17.8 Å². The zero-order chi connectivity index (χ0) is 15.8. The molecule has 0 heterocycles. The van der Waals surface area contributed by atoms with Gasteiger partial charge in [0.15, 0.2) is 0 Å². The third-order valence-electron chi connectivity index (χ3n) is 3.44. The predicted octanol–water partition coefficient (Wildman–Crippen LogP) is 4.02. The molecule has 2 N–H and O–H groups in total. The van der Waals surface area contributed by atoms with E-state index in [2.05, 4.69) is 17.6 Å². The second-order valence-electron chi connectivity index (χ2n) is 5.11. The monoisotopic (exact) mass is 316 g/mol. The van der Waals surface area contributed by atoms with Gasteiger partial charge < -0.3 is 10.6 Å². The van der Waals surface area contributed by atoms with Crippen LogP contribution in [0.2, 0.25) is 5.02 Å². The lowest BCUT2D eigenvalue weighted by Gasteiger charge is -2.10. The van der Waals surface area contributed by atoms with E-state index in [-0.39, 0.29) is 5.91 Å². The highest BCUT2D eigenvalue weighted by molar-refractivity contribution is 6.30. The molecule has 0 aliphatic rings. The van der Waals surface area contributed by atoms with Crippen molar-refractivity contribution < 1.29 is 4.79 Å². The number of anilines is 1. The maximum Gasteiger partial charge on any atom is 0.225 e. The van der Waals surface area contributed by atoms with E-state index in [4.69, 9.17) is 11.6 Å². The molecule has 0 aliphatic heterocycles. The number of benzene rings is 2. The number of carbonyl (C=O) groups is 1. The fraction of sp³-hybridized carbons (Fsp3) is 0.278. The summed E-state index contributed by atoms with van der Waals surface area (Å²) in [5, 5.41) is 6.97. The molecule has 0 saturated heterocycles. The Kier molecular flexibility index (Phi) is 6.44. The van der Waals surface area contributed by atoms with Gasteiger partial charge in [-0.2, -0.15) is 0 Å². The minimum atomic E-state index is 0.0320. The van der Waals surface area contributed by atoms with E-state index < -0.39 is 0 Å². The van der Waals surface area contributed by atoms with Crippen molar-refractivity contribution in [2.24, 2.45) is 0 Å². The van der Waals surface area contributed by atoms with E-state index in [0.717, 1.165) is 34.8 Å². The number of carbonyl (C=O) groups excluding carboxylic acids is 1. The summed E-state index contributed by atoms with van der Waals surface area (Å²) in [4.78, 5) is 12.0. The third-order valence-corrected chi connectivity index (χ3v) is 3.70. The van der Waals surface area contributed by atoms with Gasteiger partial charge in [0, 0.05) is 30.2 Å². The van der Waals surface area contributed by atoms with Crippen molar-refractivity contribution in [1.29, 1.82) is 0 Å². The Morgan fingerprint density at radius 3 is 2.55 bits per heavy atom. The van der Waals surface area contributed by atoms with Crippen LogP contribution >= 0.6 is 11.6 Å². The lowest BCUT2D eigenvalue weighted by molar-refractivity contribution is -0.116. The first-order valence-electron chi connectivity index (χ1n) is 7.52. The zero-order valence-corrected chi connectivity index (χ0v) is 13.5. The molecule has 0 radical (unpaired) electrons. The molecule has 0 unspecified atom stereocenters. The smallest absolute Gasteiger partial charge is 0.225 e. The van der Waals surface area contributed by atoms with Gasteiger partial charge in [-0.25, -0.2) is 0 Å². The van der Waals surface area contributed by atoms with Gasteiger partial charge in [0.25, 0.3) is 0 Å². The van der Waals surface area contributed by atoms with Crippen LogP contribution in [0.25, 0.3) is 0 Å². The fourth-order valence-corrected chi connectivity index (χ4v) is 2.33. The minimum Gasteiger partial charge on any atom is -0.326 e. The molecule has 22 heavy (non-hydrogen) atoms. The highest BCUT2D eigenvalue weighted by Gasteiger charge is 2.05. The number of amides is 1. The van der Waals surface area contributed by atoms with Gasteiger partial charge in [-0.05, 0) is 35.7 Å². The van der Waals surface area contributed by atoms with Gasteiger partial charge in [0.2, 0.25) is 5.91 Å². The summed E-state index contributed by atoms with van der Waals surface area (Å²) in [6.07, 6.45) is 1.36. The summed E-state index contributed by atoms with van der Waals surface area (Å²) in [5.41, 5.74) is 3.22. The number of halogens is 1. The zero-order valence-electron chi connectivity index (χ0n) is 12.7. The number of hydrogen-bond acceptors (Lipinski definition) is 2. The van der Waals surface area contributed by atoms with E-state index in [1.807, 2.05) is 48.5 Å². The first-order chi connectivity index (χ1) is 10.7. The van der Waals surface area contributed by atoms with Crippen LogP contribution in [0.1, 0.15) is 24.5 Å². The van der Waals surface area contributed by atoms with Crippen LogP contribution in [-0.4, -0.2) is 12.5 Å². The van der Waals surface area contributed by atoms with Gasteiger partial charge in [-0.15, -0.1) is 0 Å². The second kappa shape index (κ2) is 8.57. The molecule has 3 nitrogen and oxygen atoms in total. The SMILES string of the molecule is CCc1ccccc1NC(=O)CCNCc1ccc(Cl)cc1. The van der Waals surface area contributed by atoms with Gasteiger partial charge in [0.05, 0.1) is 0 Å². The minimum absolute atomic E-state index is 0.0320. The van der Waals surface area contributed by atoms with Crippen molar-refractivity contribution in [2.45, 2.75) is 26.3 Å². The lowest BCUT2D eigenvalue weighted by Crippen LogP contribution is -2.21. The van der Waals surface area contributed by atoms with Crippen molar-refractivity contribution in [1.82, 2.24) is 5.32 Å². The topological polar surface area (TPSA) is 41.1 Å². The maximum absolute atomic E-state index is 12.0. The van der Waals surface area contributed by atoms with Crippen LogP contribution in [0.15, 0.2) is 48.5 Å². The summed E-state index contributed by atoms with van der Waals surface area (Å²) >= 11 is 5.84. The fourth-order valence-electron chi connectivity index (χ4n) is 2.20. The van der Waals surface area contributed by atoms with E-state index in [9.17, 15) is 4.79 Å². The van der Waals surface area contributed by atoms with Crippen LogP contribution < -0.4 is 10.6 Å². The Hall–Kier alpha value is -1.84. The van der Waals surface area contributed by atoms with Crippen LogP contribution in [0.3, 0.4) is 0 Å². The van der Waals surface area contributed by atoms with E-state index >= 15 is 0 Å². The molecule has 0 aliphatic carbocycles. The van der Waals surface area contributed by atoms with Crippen LogP contribution in [0.5, 0.6) is 0 Å². The highest BCUT2D eigenvalue weighted by Crippen LogP contribution is 2.15. The van der Waals surface area contributed by atoms with Crippen molar-refractivity contribution in [3.63, 3.8) is 0 Å². The largest absolute Gasteiger partial charge is 0.326 e. The predicted molar refractivity (Wildman–Crippen MR) is 92.2 cm³/mol. The molecule has 0 aromatic heterocycles. The molecule has 0 atom stereocenters. The Balaban J connectivity index is 1.72. The molecule has 116 valence electrons. The molecule has 0 fully saturated rings. The van der Waals surface area contributed by atoms with Gasteiger partial charge >= 0.3 is 0 Å². The Bertz CT molecular complexity index is 611. The average Bonchev–Trinajstić information content (AvgIpc) is 2.54. The highest BCUT2D eigenvalue weighted by atomic mass is 35.5. The van der Waals surface area contributed by atoms with Crippen molar-refractivity contribution in [2.75, 3.05) is 11.9 Å². The lowest BCUT2D eigenvalue weighted by atomic mass is 10.1. The van der Waals surface area contributed by atoms with Crippen molar-refractivity contribution >= 4 is 23.2 Å². The molecule has 0 spiro atoms. The summed E-state index contributed by atoms with van der Waals surface area (Å²) in [6.45, 7) is 3.46. The van der Waals surface area contributed by atoms with Crippen molar-refractivity contribution in [3.8, 4) is 0 Å². The summed E-state index contributed by atoms with van der Waals surface area (Å²) in [5.74, 6) is 0.0320. The Labute approximate surface area is 136 Å². The molecule has 1 amide bonds. The quantitative estimate of drug-likeness (QED) is 0.757. The molecule has 2 rings (SSSR count). The Morgan fingerprint density at radius 2 is 1.82 bits per heavy atom.